The Hall–Kier alpha value is -4.04. The van der Waals surface area contributed by atoms with Gasteiger partial charge in [-0.1, -0.05) is 6.42 Å². The lowest BCUT2D eigenvalue weighted by Gasteiger charge is -2.22. The molecule has 0 aliphatic heterocycles. The minimum atomic E-state index is 0.280. The Morgan fingerprint density at radius 1 is 0.889 bits per heavy atom. The molecule has 2 N–H and O–H groups in total. The lowest BCUT2D eigenvalue weighted by atomic mass is 9.98. The Balaban J connectivity index is 1.26. The normalized spacial score (nSPS) is 14.6. The number of hydrogen-bond acceptors (Lipinski definition) is 6. The van der Waals surface area contributed by atoms with Crippen molar-refractivity contribution in [1.82, 2.24) is 30.1 Å². The van der Waals surface area contributed by atoms with Crippen molar-refractivity contribution in [2.45, 2.75) is 38.2 Å². The molecule has 6 aromatic heterocycles. The van der Waals surface area contributed by atoms with E-state index in [-0.39, 0.29) is 6.10 Å². The van der Waals surface area contributed by atoms with Crippen molar-refractivity contribution in [2.24, 2.45) is 0 Å². The van der Waals surface area contributed by atoms with Crippen LogP contribution in [0.15, 0.2) is 65.9 Å². The Morgan fingerprint density at radius 3 is 2.69 bits per heavy atom. The molecule has 0 radical (unpaired) electrons. The molecular formula is C28H24N6OS. The number of ether oxygens (including phenoxy) is 1. The highest BCUT2D eigenvalue weighted by Crippen LogP contribution is 2.34. The Morgan fingerprint density at radius 2 is 1.81 bits per heavy atom. The molecule has 1 aliphatic carbocycles. The number of thiophene rings is 1. The first-order valence-corrected chi connectivity index (χ1v) is 13.2. The Kier molecular flexibility index (Phi) is 5.24. The van der Waals surface area contributed by atoms with Crippen molar-refractivity contribution >= 4 is 33.3 Å². The minimum Gasteiger partial charge on any atom is -0.489 e. The molecule has 0 bridgehead atoms. The highest BCUT2D eigenvalue weighted by molar-refractivity contribution is 7.08. The first kappa shape index (κ1) is 21.3. The monoisotopic (exact) mass is 492 g/mol. The molecule has 8 heteroatoms. The van der Waals surface area contributed by atoms with Crippen LogP contribution in [0.25, 0.3) is 55.7 Å². The maximum Gasteiger partial charge on any atom is 0.138 e. The fourth-order valence-corrected chi connectivity index (χ4v) is 5.73. The molecule has 0 unspecified atom stereocenters. The molecule has 7 rings (SSSR count). The summed E-state index contributed by atoms with van der Waals surface area (Å²) in [6.45, 7) is 0. The molecule has 178 valence electrons. The Bertz CT molecular complexity index is 1660. The van der Waals surface area contributed by atoms with Gasteiger partial charge in [0.2, 0.25) is 0 Å². The molecule has 6 heterocycles. The van der Waals surface area contributed by atoms with Gasteiger partial charge in [-0.15, -0.1) is 0 Å². The van der Waals surface area contributed by atoms with Crippen molar-refractivity contribution in [2.75, 3.05) is 0 Å². The van der Waals surface area contributed by atoms with E-state index in [2.05, 4.69) is 48.0 Å². The summed E-state index contributed by atoms with van der Waals surface area (Å²) in [6.07, 6.45) is 13.7. The van der Waals surface area contributed by atoms with Crippen LogP contribution >= 0.6 is 11.3 Å². The van der Waals surface area contributed by atoms with Gasteiger partial charge in [0.05, 0.1) is 40.9 Å². The van der Waals surface area contributed by atoms with Crippen LogP contribution in [0.2, 0.25) is 0 Å². The number of hydrogen-bond donors (Lipinski definition) is 2. The molecule has 0 atom stereocenters. The van der Waals surface area contributed by atoms with E-state index in [0.29, 0.717) is 0 Å². The molecular weight excluding hydrogens is 468 g/mol. The van der Waals surface area contributed by atoms with E-state index in [1.165, 1.54) is 24.8 Å². The molecule has 1 aliphatic rings. The van der Waals surface area contributed by atoms with Gasteiger partial charge in [0.25, 0.3) is 0 Å². The lowest BCUT2D eigenvalue weighted by molar-refractivity contribution is 0.154. The van der Waals surface area contributed by atoms with Crippen LogP contribution in [-0.4, -0.2) is 36.2 Å². The first-order valence-electron chi connectivity index (χ1n) is 12.3. The van der Waals surface area contributed by atoms with Crippen LogP contribution in [0, 0.1) is 0 Å². The van der Waals surface area contributed by atoms with E-state index in [0.717, 1.165) is 68.7 Å². The summed E-state index contributed by atoms with van der Waals surface area (Å²) in [5, 5.41) is 13.1. The van der Waals surface area contributed by atoms with Crippen molar-refractivity contribution in [3.8, 4) is 39.5 Å². The zero-order valence-corrected chi connectivity index (χ0v) is 20.4. The molecule has 0 aromatic carbocycles. The second-order valence-electron chi connectivity index (χ2n) is 9.30. The maximum atomic E-state index is 6.24. The number of rotatable bonds is 5. The van der Waals surface area contributed by atoms with Crippen molar-refractivity contribution < 1.29 is 4.74 Å². The predicted molar refractivity (Wildman–Crippen MR) is 143 cm³/mol. The largest absolute Gasteiger partial charge is 0.489 e. The van der Waals surface area contributed by atoms with Crippen molar-refractivity contribution in [3.05, 3.63) is 65.9 Å². The van der Waals surface area contributed by atoms with E-state index in [9.17, 15) is 0 Å². The highest BCUT2D eigenvalue weighted by Gasteiger charge is 2.17. The van der Waals surface area contributed by atoms with Crippen LogP contribution in [0.5, 0.6) is 5.75 Å². The van der Waals surface area contributed by atoms with Gasteiger partial charge in [-0.25, -0.2) is 4.98 Å². The predicted octanol–water partition coefficient (Wildman–Crippen LogP) is 7.00. The highest BCUT2D eigenvalue weighted by atomic mass is 32.1. The third-order valence-electron chi connectivity index (χ3n) is 6.90. The molecule has 0 spiro atoms. The fraction of sp³-hybridized carbons (Fsp3) is 0.214. The van der Waals surface area contributed by atoms with Crippen LogP contribution < -0.4 is 4.74 Å². The first-order chi connectivity index (χ1) is 17.8. The smallest absolute Gasteiger partial charge is 0.138 e. The standard InChI is InChI=1S/C28H24N6OS/c1-2-4-19(5-3-1)35-20-10-18(12-29-13-20)23-6-7-24-27(32-23)28(34-33-24)25-11-21-22(17-8-9-36-16-17)14-30-15-26(21)31-25/h6-16,19,31H,1-5H2,(H,33,34). The van der Waals surface area contributed by atoms with Gasteiger partial charge in [-0.05, 0) is 72.3 Å². The van der Waals surface area contributed by atoms with Gasteiger partial charge in [0.15, 0.2) is 0 Å². The van der Waals surface area contributed by atoms with E-state index < -0.39 is 0 Å². The minimum absolute atomic E-state index is 0.280. The maximum absolute atomic E-state index is 6.24. The third kappa shape index (κ3) is 3.83. The number of aromatic nitrogens is 6. The number of H-pyrrole nitrogens is 2. The van der Waals surface area contributed by atoms with E-state index >= 15 is 0 Å². The van der Waals surface area contributed by atoms with Gasteiger partial charge in [-0.3, -0.25) is 15.1 Å². The summed E-state index contributed by atoms with van der Waals surface area (Å²) in [5.74, 6) is 0.804. The van der Waals surface area contributed by atoms with Crippen molar-refractivity contribution in [1.29, 1.82) is 0 Å². The number of nitrogens with one attached hydrogen (secondary N) is 2. The molecule has 7 nitrogen and oxygen atoms in total. The van der Waals surface area contributed by atoms with Gasteiger partial charge < -0.3 is 9.72 Å². The zero-order valence-electron chi connectivity index (χ0n) is 19.6. The molecule has 1 saturated carbocycles. The number of fused-ring (bicyclic) bond motifs is 2. The van der Waals surface area contributed by atoms with E-state index in [1.807, 2.05) is 36.8 Å². The van der Waals surface area contributed by atoms with E-state index in [4.69, 9.17) is 9.72 Å². The molecule has 6 aromatic rings. The number of pyridine rings is 3. The average molecular weight is 493 g/mol. The third-order valence-corrected chi connectivity index (χ3v) is 7.59. The number of nitrogens with zero attached hydrogens (tertiary/aromatic N) is 4. The second-order valence-corrected chi connectivity index (χ2v) is 10.1. The SMILES string of the molecule is c1cc(-c2cncc3[nH]c(-c4n[nH]c5ccc(-c6cncc(OC7CCCCC7)c6)nc45)cc23)cs1. The molecule has 1 fully saturated rings. The van der Waals surface area contributed by atoms with Gasteiger partial charge in [-0.2, -0.15) is 16.4 Å². The van der Waals surface area contributed by atoms with Crippen LogP contribution in [-0.2, 0) is 0 Å². The van der Waals surface area contributed by atoms with Crippen LogP contribution in [0.3, 0.4) is 0 Å². The summed E-state index contributed by atoms with van der Waals surface area (Å²) in [4.78, 5) is 17.4. The zero-order chi connectivity index (χ0) is 23.9. The molecule has 0 amide bonds. The van der Waals surface area contributed by atoms with Gasteiger partial charge >= 0.3 is 0 Å². The molecule has 0 saturated heterocycles. The van der Waals surface area contributed by atoms with E-state index in [1.54, 1.807) is 17.5 Å². The summed E-state index contributed by atoms with van der Waals surface area (Å²) in [5.41, 5.74) is 8.37. The van der Waals surface area contributed by atoms with Crippen LogP contribution in [0.4, 0.5) is 0 Å². The summed E-state index contributed by atoms with van der Waals surface area (Å²) >= 11 is 1.68. The van der Waals surface area contributed by atoms with Crippen molar-refractivity contribution in [3.63, 3.8) is 0 Å². The lowest BCUT2D eigenvalue weighted by Crippen LogP contribution is -2.19. The molecule has 36 heavy (non-hydrogen) atoms. The summed E-state index contributed by atoms with van der Waals surface area (Å²) < 4.78 is 6.24. The van der Waals surface area contributed by atoms with Gasteiger partial charge in [0, 0.05) is 28.9 Å². The fourth-order valence-electron chi connectivity index (χ4n) is 5.07. The summed E-state index contributed by atoms with van der Waals surface area (Å²) in [6, 6.07) is 10.3. The average Bonchev–Trinajstić information content (AvgIpc) is 3.68. The topological polar surface area (TPSA) is 92.4 Å². The van der Waals surface area contributed by atoms with Crippen LogP contribution in [0.1, 0.15) is 32.1 Å². The number of aromatic amines is 2. The quantitative estimate of drug-likeness (QED) is 0.270. The summed E-state index contributed by atoms with van der Waals surface area (Å²) in [7, 11) is 0. The second kappa shape index (κ2) is 8.87. The Labute approximate surface area is 211 Å². The van der Waals surface area contributed by atoms with Gasteiger partial charge in [0.1, 0.15) is 17.0 Å².